The van der Waals surface area contributed by atoms with Crippen LogP contribution in [0, 0.1) is 0 Å². The molecule has 6 heteroatoms. The van der Waals surface area contributed by atoms with Crippen LogP contribution in [0.2, 0.25) is 0 Å². The van der Waals surface area contributed by atoms with Crippen LogP contribution >= 0.6 is 11.8 Å². The first-order valence-electron chi connectivity index (χ1n) is 9.80. The van der Waals surface area contributed by atoms with Crippen LogP contribution < -0.4 is 9.47 Å². The summed E-state index contributed by atoms with van der Waals surface area (Å²) in [4.78, 5) is 19.4. The van der Waals surface area contributed by atoms with Crippen molar-refractivity contribution in [2.45, 2.75) is 6.61 Å². The van der Waals surface area contributed by atoms with Crippen molar-refractivity contribution in [3.63, 3.8) is 0 Å². The highest BCUT2D eigenvalue weighted by Gasteiger charge is 2.30. The summed E-state index contributed by atoms with van der Waals surface area (Å²) in [5, 5.41) is 0.650. The number of rotatable bonds is 6. The SMILES string of the molecule is COc1cc(/C=C2/SC(=Nc3ccccc3)N(C)C2=O)ccc1OCc1ccccc1. The number of aliphatic imine (C=N–C) groups is 1. The van der Waals surface area contributed by atoms with Crippen LogP contribution in [0.25, 0.3) is 6.08 Å². The van der Waals surface area contributed by atoms with Crippen molar-refractivity contribution in [1.82, 2.24) is 4.90 Å². The van der Waals surface area contributed by atoms with Crippen molar-refractivity contribution in [1.29, 1.82) is 0 Å². The first-order chi connectivity index (χ1) is 15.1. The Morgan fingerprint density at radius 2 is 1.68 bits per heavy atom. The second-order valence-electron chi connectivity index (χ2n) is 6.89. The lowest BCUT2D eigenvalue weighted by Gasteiger charge is -2.11. The van der Waals surface area contributed by atoms with Crippen LogP contribution in [-0.4, -0.2) is 30.1 Å². The molecular formula is C25H22N2O3S. The average molecular weight is 431 g/mol. The predicted octanol–water partition coefficient (Wildman–Crippen LogP) is 5.51. The molecule has 1 aliphatic rings. The number of carbonyl (C=O) groups excluding carboxylic acids is 1. The zero-order valence-electron chi connectivity index (χ0n) is 17.3. The number of hydrogen-bond donors (Lipinski definition) is 0. The first kappa shape index (κ1) is 20.8. The van der Waals surface area contributed by atoms with Gasteiger partial charge in [-0.2, -0.15) is 0 Å². The van der Waals surface area contributed by atoms with E-state index in [2.05, 4.69) is 4.99 Å². The maximum Gasteiger partial charge on any atom is 0.266 e. The maximum absolute atomic E-state index is 12.7. The summed E-state index contributed by atoms with van der Waals surface area (Å²) in [5.41, 5.74) is 2.75. The Morgan fingerprint density at radius 3 is 2.39 bits per heavy atom. The van der Waals surface area contributed by atoms with E-state index in [0.717, 1.165) is 16.8 Å². The van der Waals surface area contributed by atoms with E-state index in [0.29, 0.717) is 28.2 Å². The van der Waals surface area contributed by atoms with Crippen molar-refractivity contribution in [3.8, 4) is 11.5 Å². The maximum atomic E-state index is 12.7. The molecule has 3 aromatic carbocycles. The molecule has 4 rings (SSSR count). The minimum absolute atomic E-state index is 0.0805. The molecule has 1 heterocycles. The van der Waals surface area contributed by atoms with Crippen LogP contribution in [0.4, 0.5) is 5.69 Å². The molecule has 0 unspecified atom stereocenters. The lowest BCUT2D eigenvalue weighted by atomic mass is 10.2. The molecule has 0 atom stereocenters. The number of thioether (sulfide) groups is 1. The van der Waals surface area contributed by atoms with Gasteiger partial charge in [0.15, 0.2) is 16.7 Å². The highest BCUT2D eigenvalue weighted by Crippen LogP contribution is 2.35. The number of hydrogen-bond acceptors (Lipinski definition) is 5. The van der Waals surface area contributed by atoms with E-state index in [9.17, 15) is 4.79 Å². The number of ether oxygens (including phenoxy) is 2. The highest BCUT2D eigenvalue weighted by atomic mass is 32.2. The molecule has 1 amide bonds. The Bertz CT molecular complexity index is 1130. The van der Waals surface area contributed by atoms with E-state index >= 15 is 0 Å². The third-order valence-electron chi connectivity index (χ3n) is 4.71. The number of benzene rings is 3. The van der Waals surface area contributed by atoms with Crippen LogP contribution in [0.5, 0.6) is 11.5 Å². The van der Waals surface area contributed by atoms with Crippen LogP contribution in [-0.2, 0) is 11.4 Å². The molecule has 0 saturated carbocycles. The van der Waals surface area contributed by atoms with Gasteiger partial charge in [0, 0.05) is 7.05 Å². The van der Waals surface area contributed by atoms with E-state index < -0.39 is 0 Å². The molecule has 1 aliphatic heterocycles. The number of likely N-dealkylation sites (N-methyl/N-ethyl adjacent to an activating group) is 1. The molecule has 1 saturated heterocycles. The van der Waals surface area contributed by atoms with Gasteiger partial charge in [-0.1, -0.05) is 54.6 Å². The van der Waals surface area contributed by atoms with Gasteiger partial charge < -0.3 is 9.47 Å². The molecule has 5 nitrogen and oxygen atoms in total. The largest absolute Gasteiger partial charge is 0.493 e. The van der Waals surface area contributed by atoms with E-state index in [-0.39, 0.29) is 5.91 Å². The lowest BCUT2D eigenvalue weighted by Crippen LogP contribution is -2.23. The molecule has 0 aromatic heterocycles. The Morgan fingerprint density at radius 1 is 0.968 bits per heavy atom. The molecule has 0 spiro atoms. The number of methoxy groups -OCH3 is 1. The van der Waals surface area contributed by atoms with Gasteiger partial charge >= 0.3 is 0 Å². The third kappa shape index (κ3) is 4.98. The van der Waals surface area contributed by atoms with Crippen molar-refractivity contribution in [3.05, 3.63) is 94.9 Å². The number of amidine groups is 1. The predicted molar refractivity (Wildman–Crippen MR) is 126 cm³/mol. The fraction of sp³-hybridized carbons (Fsp3) is 0.120. The molecule has 156 valence electrons. The monoisotopic (exact) mass is 430 g/mol. The molecule has 0 bridgehead atoms. The summed E-state index contributed by atoms with van der Waals surface area (Å²) in [6.45, 7) is 0.454. The second kappa shape index (κ2) is 9.53. The summed E-state index contributed by atoms with van der Waals surface area (Å²) < 4.78 is 11.4. The average Bonchev–Trinajstić information content (AvgIpc) is 3.07. The van der Waals surface area contributed by atoms with Crippen LogP contribution in [0.15, 0.2) is 88.8 Å². The zero-order valence-corrected chi connectivity index (χ0v) is 18.1. The number of amides is 1. The minimum Gasteiger partial charge on any atom is -0.493 e. The molecule has 0 N–H and O–H groups in total. The van der Waals surface area contributed by atoms with E-state index in [1.807, 2.05) is 84.9 Å². The number of carbonyl (C=O) groups is 1. The van der Waals surface area contributed by atoms with Crippen LogP contribution in [0.1, 0.15) is 11.1 Å². The van der Waals surface area contributed by atoms with Crippen LogP contribution in [0.3, 0.4) is 0 Å². The standard InChI is InChI=1S/C25H22N2O3S/c1-27-24(28)23(31-25(27)26-20-11-7-4-8-12-20)16-19-13-14-21(22(15-19)29-2)30-17-18-9-5-3-6-10-18/h3-16H,17H2,1-2H3/b23-16+,26-25?. The van der Waals surface area contributed by atoms with Crippen molar-refractivity contribution in [2.75, 3.05) is 14.2 Å². The third-order valence-corrected chi connectivity index (χ3v) is 5.77. The topological polar surface area (TPSA) is 51.1 Å². The fourth-order valence-electron chi connectivity index (χ4n) is 3.04. The van der Waals surface area contributed by atoms with Gasteiger partial charge in [-0.25, -0.2) is 4.99 Å². The van der Waals surface area contributed by atoms with E-state index in [4.69, 9.17) is 9.47 Å². The molecular weight excluding hydrogens is 408 g/mol. The summed E-state index contributed by atoms with van der Waals surface area (Å²) >= 11 is 1.36. The summed E-state index contributed by atoms with van der Waals surface area (Å²) in [6, 6.07) is 25.2. The molecule has 3 aromatic rings. The van der Waals surface area contributed by atoms with Gasteiger partial charge in [0.2, 0.25) is 0 Å². The van der Waals surface area contributed by atoms with Gasteiger partial charge in [0.25, 0.3) is 5.91 Å². The Labute approximate surface area is 186 Å². The second-order valence-corrected chi connectivity index (χ2v) is 7.90. The Balaban J connectivity index is 1.52. The summed E-state index contributed by atoms with van der Waals surface area (Å²) in [7, 11) is 3.34. The summed E-state index contributed by atoms with van der Waals surface area (Å²) in [6.07, 6.45) is 1.85. The summed E-state index contributed by atoms with van der Waals surface area (Å²) in [5.74, 6) is 1.19. The first-order valence-corrected chi connectivity index (χ1v) is 10.6. The fourth-order valence-corrected chi connectivity index (χ4v) is 4.03. The van der Waals surface area contributed by atoms with Gasteiger partial charge in [0.05, 0.1) is 17.7 Å². The van der Waals surface area contributed by atoms with Gasteiger partial charge in [-0.05, 0) is 53.2 Å². The zero-order chi connectivity index (χ0) is 21.6. The molecule has 31 heavy (non-hydrogen) atoms. The van der Waals surface area contributed by atoms with Crippen molar-refractivity contribution >= 4 is 34.6 Å². The quantitative estimate of drug-likeness (QED) is 0.484. The van der Waals surface area contributed by atoms with Gasteiger partial charge in [-0.3, -0.25) is 9.69 Å². The Kier molecular flexibility index (Phi) is 6.38. The number of nitrogens with zero attached hydrogens (tertiary/aromatic N) is 2. The normalized spacial score (nSPS) is 16.2. The van der Waals surface area contributed by atoms with Crippen molar-refractivity contribution in [2.24, 2.45) is 4.99 Å². The van der Waals surface area contributed by atoms with E-state index in [1.165, 1.54) is 11.8 Å². The van der Waals surface area contributed by atoms with Gasteiger partial charge in [-0.15, -0.1) is 0 Å². The Hall–Kier alpha value is -3.51. The van der Waals surface area contributed by atoms with Crippen molar-refractivity contribution < 1.29 is 14.3 Å². The number of para-hydroxylation sites is 1. The minimum atomic E-state index is -0.0805. The highest BCUT2D eigenvalue weighted by molar-refractivity contribution is 8.18. The molecule has 1 fully saturated rings. The smallest absolute Gasteiger partial charge is 0.266 e. The van der Waals surface area contributed by atoms with Gasteiger partial charge in [0.1, 0.15) is 6.61 Å². The van der Waals surface area contributed by atoms with E-state index in [1.54, 1.807) is 19.1 Å². The molecule has 0 aliphatic carbocycles. The molecule has 0 radical (unpaired) electrons. The lowest BCUT2D eigenvalue weighted by molar-refractivity contribution is -0.121.